The van der Waals surface area contributed by atoms with Crippen molar-refractivity contribution in [2.75, 3.05) is 6.61 Å². The van der Waals surface area contributed by atoms with Crippen molar-refractivity contribution < 1.29 is 9.84 Å². The summed E-state index contributed by atoms with van der Waals surface area (Å²) in [4.78, 5) is 0. The highest BCUT2D eigenvalue weighted by molar-refractivity contribution is 5.09. The zero-order valence-electron chi connectivity index (χ0n) is 10.9. The molecule has 2 aliphatic rings. The van der Waals surface area contributed by atoms with E-state index in [1.165, 1.54) is 44.1 Å². The highest BCUT2D eigenvalue weighted by Gasteiger charge is 2.18. The quantitative estimate of drug-likeness (QED) is 0.758. The maximum atomic E-state index is 10.2. The Hall–Kier alpha value is -0.340. The molecule has 1 aliphatic heterocycles. The van der Waals surface area contributed by atoms with Gasteiger partial charge in [-0.3, -0.25) is 0 Å². The lowest BCUT2D eigenvalue weighted by molar-refractivity contribution is 0.00422. The van der Waals surface area contributed by atoms with E-state index in [2.05, 4.69) is 6.08 Å². The Bertz CT molecular complexity index is 241. The SMILES string of the molecule is OC(CCC1CCCCO1)C1=CCCCCC1. The lowest BCUT2D eigenvalue weighted by Gasteiger charge is -2.24. The summed E-state index contributed by atoms with van der Waals surface area (Å²) in [6.07, 6.45) is 14.2. The normalized spacial score (nSPS) is 28.3. The largest absolute Gasteiger partial charge is 0.389 e. The lowest BCUT2D eigenvalue weighted by atomic mass is 9.97. The van der Waals surface area contributed by atoms with Gasteiger partial charge in [0.25, 0.3) is 0 Å². The molecule has 0 aromatic heterocycles. The molecule has 1 fully saturated rings. The first-order chi connectivity index (χ1) is 8.36. The summed E-state index contributed by atoms with van der Waals surface area (Å²) in [7, 11) is 0. The van der Waals surface area contributed by atoms with E-state index in [1.807, 2.05) is 0 Å². The molecule has 2 atom stereocenters. The molecule has 1 N–H and O–H groups in total. The lowest BCUT2D eigenvalue weighted by Crippen LogP contribution is -2.21. The van der Waals surface area contributed by atoms with Crippen LogP contribution in [0.15, 0.2) is 11.6 Å². The fraction of sp³-hybridized carbons (Fsp3) is 0.867. The van der Waals surface area contributed by atoms with Crippen LogP contribution in [-0.2, 0) is 4.74 Å². The highest BCUT2D eigenvalue weighted by atomic mass is 16.5. The summed E-state index contributed by atoms with van der Waals surface area (Å²) in [6, 6.07) is 0. The Morgan fingerprint density at radius 3 is 3.00 bits per heavy atom. The van der Waals surface area contributed by atoms with E-state index in [9.17, 15) is 5.11 Å². The highest BCUT2D eigenvalue weighted by Crippen LogP contribution is 2.24. The van der Waals surface area contributed by atoms with Gasteiger partial charge in [0, 0.05) is 6.61 Å². The summed E-state index contributed by atoms with van der Waals surface area (Å²) < 4.78 is 5.71. The molecule has 1 saturated heterocycles. The second kappa shape index (κ2) is 7.17. The molecular weight excluding hydrogens is 212 g/mol. The van der Waals surface area contributed by atoms with Crippen LogP contribution in [0.25, 0.3) is 0 Å². The van der Waals surface area contributed by atoms with Crippen molar-refractivity contribution in [3.05, 3.63) is 11.6 Å². The van der Waals surface area contributed by atoms with Crippen molar-refractivity contribution in [2.24, 2.45) is 0 Å². The van der Waals surface area contributed by atoms with Gasteiger partial charge in [0.2, 0.25) is 0 Å². The molecule has 0 radical (unpaired) electrons. The molecule has 0 amide bonds. The third-order valence-corrected chi connectivity index (χ3v) is 4.04. The summed E-state index contributed by atoms with van der Waals surface area (Å²) >= 11 is 0. The summed E-state index contributed by atoms with van der Waals surface area (Å²) in [5.74, 6) is 0. The van der Waals surface area contributed by atoms with Gasteiger partial charge < -0.3 is 9.84 Å². The fourth-order valence-corrected chi connectivity index (χ4v) is 2.91. The zero-order chi connectivity index (χ0) is 11.9. The molecule has 0 aromatic rings. The Labute approximate surface area is 105 Å². The summed E-state index contributed by atoms with van der Waals surface area (Å²) in [6.45, 7) is 0.920. The number of hydrogen-bond acceptors (Lipinski definition) is 2. The van der Waals surface area contributed by atoms with E-state index in [0.717, 1.165) is 32.3 Å². The maximum absolute atomic E-state index is 10.2. The Morgan fingerprint density at radius 1 is 1.24 bits per heavy atom. The van der Waals surface area contributed by atoms with Gasteiger partial charge in [0.1, 0.15) is 0 Å². The summed E-state index contributed by atoms with van der Waals surface area (Å²) in [5.41, 5.74) is 1.29. The molecule has 17 heavy (non-hydrogen) atoms. The standard InChI is InChI=1S/C15H26O2/c16-15(13-7-3-1-2-4-8-13)11-10-14-9-5-6-12-17-14/h7,14-16H,1-6,8-12H2. The second-order valence-electron chi connectivity index (χ2n) is 5.46. The van der Waals surface area contributed by atoms with Crippen molar-refractivity contribution in [3.63, 3.8) is 0 Å². The fourth-order valence-electron chi connectivity index (χ4n) is 2.91. The van der Waals surface area contributed by atoms with Gasteiger partial charge in [-0.2, -0.15) is 0 Å². The molecular formula is C15H26O2. The second-order valence-corrected chi connectivity index (χ2v) is 5.46. The smallest absolute Gasteiger partial charge is 0.0751 e. The Balaban J connectivity index is 1.71. The van der Waals surface area contributed by atoms with Crippen LogP contribution in [0, 0.1) is 0 Å². The maximum Gasteiger partial charge on any atom is 0.0751 e. The van der Waals surface area contributed by atoms with Gasteiger partial charge >= 0.3 is 0 Å². The van der Waals surface area contributed by atoms with Crippen LogP contribution < -0.4 is 0 Å². The predicted octanol–water partition coefficient (Wildman–Crippen LogP) is 3.59. The number of rotatable bonds is 4. The molecule has 0 bridgehead atoms. The molecule has 0 aromatic carbocycles. The average molecular weight is 238 g/mol. The predicted molar refractivity (Wildman–Crippen MR) is 70.0 cm³/mol. The molecule has 2 heteroatoms. The van der Waals surface area contributed by atoms with Crippen LogP contribution in [0.1, 0.15) is 64.2 Å². The molecule has 0 saturated carbocycles. The van der Waals surface area contributed by atoms with Crippen molar-refractivity contribution in [3.8, 4) is 0 Å². The number of hydrogen-bond donors (Lipinski definition) is 1. The molecule has 98 valence electrons. The van der Waals surface area contributed by atoms with Gasteiger partial charge in [-0.15, -0.1) is 0 Å². The van der Waals surface area contributed by atoms with Crippen molar-refractivity contribution in [2.45, 2.75) is 76.4 Å². The number of aliphatic hydroxyl groups is 1. The Kier molecular flexibility index (Phi) is 5.53. The third-order valence-electron chi connectivity index (χ3n) is 4.04. The first-order valence-corrected chi connectivity index (χ1v) is 7.35. The van der Waals surface area contributed by atoms with Gasteiger partial charge in [-0.25, -0.2) is 0 Å². The van der Waals surface area contributed by atoms with Crippen LogP contribution in [-0.4, -0.2) is 23.9 Å². The van der Waals surface area contributed by atoms with Crippen molar-refractivity contribution >= 4 is 0 Å². The third kappa shape index (κ3) is 4.44. The van der Waals surface area contributed by atoms with Crippen LogP contribution in [0.2, 0.25) is 0 Å². The van der Waals surface area contributed by atoms with Gasteiger partial charge in [0.05, 0.1) is 12.2 Å². The van der Waals surface area contributed by atoms with Crippen LogP contribution in [0.3, 0.4) is 0 Å². The minimum Gasteiger partial charge on any atom is -0.389 e. The average Bonchev–Trinajstić information content (AvgIpc) is 2.66. The van der Waals surface area contributed by atoms with E-state index in [4.69, 9.17) is 4.74 Å². The molecule has 2 nitrogen and oxygen atoms in total. The van der Waals surface area contributed by atoms with Gasteiger partial charge in [-0.05, 0) is 63.4 Å². The van der Waals surface area contributed by atoms with Crippen LogP contribution in [0.5, 0.6) is 0 Å². The van der Waals surface area contributed by atoms with Gasteiger partial charge in [0.15, 0.2) is 0 Å². The van der Waals surface area contributed by atoms with E-state index in [1.54, 1.807) is 0 Å². The van der Waals surface area contributed by atoms with Crippen molar-refractivity contribution in [1.29, 1.82) is 0 Å². The van der Waals surface area contributed by atoms with E-state index < -0.39 is 0 Å². The summed E-state index contributed by atoms with van der Waals surface area (Å²) in [5, 5.41) is 10.2. The molecule has 0 spiro atoms. The first kappa shape index (κ1) is 13.1. The van der Waals surface area contributed by atoms with Gasteiger partial charge in [-0.1, -0.05) is 12.5 Å². The number of ether oxygens (including phenoxy) is 1. The molecule has 2 unspecified atom stereocenters. The molecule has 2 rings (SSSR count). The van der Waals surface area contributed by atoms with E-state index in [0.29, 0.717) is 6.10 Å². The molecule has 1 aliphatic carbocycles. The minimum atomic E-state index is -0.210. The zero-order valence-corrected chi connectivity index (χ0v) is 10.9. The number of allylic oxidation sites excluding steroid dienone is 1. The molecule has 1 heterocycles. The van der Waals surface area contributed by atoms with E-state index >= 15 is 0 Å². The topological polar surface area (TPSA) is 29.5 Å². The first-order valence-electron chi connectivity index (χ1n) is 7.35. The van der Waals surface area contributed by atoms with E-state index in [-0.39, 0.29) is 6.10 Å². The monoisotopic (exact) mass is 238 g/mol. The van der Waals surface area contributed by atoms with Crippen LogP contribution in [0.4, 0.5) is 0 Å². The Morgan fingerprint density at radius 2 is 2.18 bits per heavy atom. The van der Waals surface area contributed by atoms with Crippen molar-refractivity contribution in [1.82, 2.24) is 0 Å². The number of aliphatic hydroxyl groups excluding tert-OH is 1. The van der Waals surface area contributed by atoms with Crippen LogP contribution >= 0.6 is 0 Å². The minimum absolute atomic E-state index is 0.210.